The predicted molar refractivity (Wildman–Crippen MR) is 134 cm³/mol. The lowest BCUT2D eigenvalue weighted by molar-refractivity contribution is -0.348. The Morgan fingerprint density at radius 1 is 1.06 bits per heavy atom. The number of aliphatic hydroxyl groups is 1. The van der Waals surface area contributed by atoms with Crippen molar-refractivity contribution in [2.24, 2.45) is 0 Å². The van der Waals surface area contributed by atoms with Crippen LogP contribution in [0.4, 0.5) is 36.4 Å². The second kappa shape index (κ2) is 11.0. The molecule has 4 nitrogen and oxygen atoms in total. The Labute approximate surface area is 221 Å². The average molecular weight is 652 g/mol. The van der Waals surface area contributed by atoms with Crippen LogP contribution in [0.1, 0.15) is 47.1 Å². The fourth-order valence-corrected chi connectivity index (χ4v) is 5.15. The zero-order valence-corrected chi connectivity index (χ0v) is 22.5. The van der Waals surface area contributed by atoms with Gasteiger partial charge in [-0.1, -0.05) is 18.2 Å². The highest BCUT2D eigenvalue weighted by Crippen LogP contribution is 2.53. The van der Waals surface area contributed by atoms with Crippen LogP contribution in [0.25, 0.3) is 0 Å². The molecule has 0 saturated heterocycles. The van der Waals surface area contributed by atoms with Crippen LogP contribution >= 0.6 is 34.4 Å². The molecule has 2 rings (SSSR count). The third-order valence-electron chi connectivity index (χ3n) is 5.26. The molecule has 0 bridgehead atoms. The third-order valence-corrected chi connectivity index (χ3v) is 7.21. The summed E-state index contributed by atoms with van der Waals surface area (Å²) in [6.45, 7) is 4.86. The lowest BCUT2D eigenvalue weighted by atomic mass is 9.92. The number of aliphatic hydroxyl groups excluding tert-OH is 1. The highest BCUT2D eigenvalue weighted by atomic mass is 127. The Balaban J connectivity index is 2.42. The molecule has 0 aromatic heterocycles. The number of anilines is 1. The Kier molecular flexibility index (Phi) is 9.39. The van der Waals surface area contributed by atoms with Crippen LogP contribution in [0.2, 0.25) is 0 Å². The summed E-state index contributed by atoms with van der Waals surface area (Å²) in [4.78, 5) is 13.0. The van der Waals surface area contributed by atoms with E-state index < -0.39 is 41.3 Å². The molecule has 0 aliphatic heterocycles. The van der Waals surface area contributed by atoms with Gasteiger partial charge in [0.15, 0.2) is 0 Å². The van der Waals surface area contributed by atoms with Gasteiger partial charge >= 0.3 is 18.0 Å². The highest BCUT2D eigenvalue weighted by Gasteiger charge is 2.73. The lowest BCUT2D eigenvalue weighted by Gasteiger charge is -2.31. The topological polar surface area (TPSA) is 61.4 Å². The van der Waals surface area contributed by atoms with Gasteiger partial charge in [-0.05, 0) is 73.4 Å². The molecule has 2 aromatic rings. The van der Waals surface area contributed by atoms with Crippen molar-refractivity contribution >= 4 is 45.9 Å². The van der Waals surface area contributed by atoms with Crippen LogP contribution < -0.4 is 10.6 Å². The summed E-state index contributed by atoms with van der Waals surface area (Å²) in [6, 6.07) is 6.14. The van der Waals surface area contributed by atoms with Crippen LogP contribution in [0, 0.1) is 10.5 Å². The van der Waals surface area contributed by atoms with Crippen molar-refractivity contribution in [3.8, 4) is 0 Å². The second-order valence-electron chi connectivity index (χ2n) is 8.70. The fourth-order valence-electron chi connectivity index (χ4n) is 3.55. The fraction of sp³-hybridized carbons (Fsp3) is 0.435. The number of hydrogen-bond acceptors (Lipinski definition) is 4. The molecular formula is C23H24F7IN2O2S. The molecule has 1 atom stereocenters. The molecule has 1 amide bonds. The summed E-state index contributed by atoms with van der Waals surface area (Å²) < 4.78 is 93.4. The summed E-state index contributed by atoms with van der Waals surface area (Å²) in [5.74, 6) is -0.118. The predicted octanol–water partition coefficient (Wildman–Crippen LogP) is 6.86. The number of aryl methyl sites for hydroxylation is 1. The molecule has 0 spiro atoms. The van der Waals surface area contributed by atoms with Gasteiger partial charge in [-0.15, -0.1) is 0 Å². The molecule has 13 heteroatoms. The molecule has 0 aliphatic rings. The van der Waals surface area contributed by atoms with E-state index in [1.807, 2.05) is 42.7 Å². The summed E-state index contributed by atoms with van der Waals surface area (Å²) in [5.41, 5.74) is -7.78. The van der Waals surface area contributed by atoms with Crippen molar-refractivity contribution in [3.05, 3.63) is 62.2 Å². The zero-order chi connectivity index (χ0) is 27.7. The van der Waals surface area contributed by atoms with E-state index in [4.69, 9.17) is 0 Å². The number of carbonyl (C=O) groups is 1. The Bertz CT molecular complexity index is 1090. The van der Waals surface area contributed by atoms with E-state index in [0.29, 0.717) is 21.5 Å². The third kappa shape index (κ3) is 6.45. The monoisotopic (exact) mass is 652 g/mol. The van der Waals surface area contributed by atoms with E-state index in [-0.39, 0.29) is 22.4 Å². The minimum absolute atomic E-state index is 0.0377. The van der Waals surface area contributed by atoms with Crippen LogP contribution in [-0.2, 0) is 5.67 Å². The SMILES string of the molecule is CSCC(C)(C)NC(O)c1c(I)cccc1C(=O)Nc1ccc(C(F)(C(F)(F)F)C(F)(F)F)cc1C. The molecule has 2 aromatic carbocycles. The molecule has 0 radical (unpaired) electrons. The molecule has 200 valence electrons. The summed E-state index contributed by atoms with van der Waals surface area (Å²) in [5, 5.41) is 16.3. The molecule has 0 saturated carbocycles. The largest absolute Gasteiger partial charge is 0.435 e. The first kappa shape index (κ1) is 30.6. The van der Waals surface area contributed by atoms with E-state index in [1.165, 1.54) is 6.07 Å². The number of rotatable bonds is 8. The van der Waals surface area contributed by atoms with Crippen molar-refractivity contribution in [1.29, 1.82) is 0 Å². The van der Waals surface area contributed by atoms with Crippen molar-refractivity contribution in [2.45, 2.75) is 50.6 Å². The van der Waals surface area contributed by atoms with Crippen molar-refractivity contribution in [2.75, 3.05) is 17.3 Å². The molecule has 0 aliphatic carbocycles. The smallest absolute Gasteiger partial charge is 0.374 e. The Hall–Kier alpha value is -1.58. The Morgan fingerprint density at radius 3 is 2.14 bits per heavy atom. The first-order valence-corrected chi connectivity index (χ1v) is 12.8. The normalized spacial score (nSPS) is 14.0. The molecule has 36 heavy (non-hydrogen) atoms. The van der Waals surface area contributed by atoms with Crippen LogP contribution in [0.3, 0.4) is 0 Å². The van der Waals surface area contributed by atoms with Gasteiger partial charge in [-0.2, -0.15) is 38.1 Å². The van der Waals surface area contributed by atoms with Gasteiger partial charge < -0.3 is 10.4 Å². The van der Waals surface area contributed by atoms with Gasteiger partial charge in [0.1, 0.15) is 6.23 Å². The molecule has 1 unspecified atom stereocenters. The van der Waals surface area contributed by atoms with Crippen molar-refractivity contribution in [1.82, 2.24) is 5.32 Å². The van der Waals surface area contributed by atoms with E-state index >= 15 is 0 Å². The number of nitrogens with one attached hydrogen (secondary N) is 2. The van der Waals surface area contributed by atoms with Gasteiger partial charge in [-0.3, -0.25) is 10.1 Å². The maximum atomic E-state index is 14.4. The Morgan fingerprint density at radius 2 is 1.64 bits per heavy atom. The summed E-state index contributed by atoms with van der Waals surface area (Å²) in [6.07, 6.45) is -11.9. The number of halogens is 8. The standard InChI is InChI=1S/C23H24F7IN2O2S/c1-12-10-13(21(24,22(25,26)27)23(28,29)30)8-9-16(12)32-18(34)14-6-5-7-15(31)17(14)19(35)33-20(2,3)11-36-4/h5-10,19,33,35H,11H2,1-4H3,(H,32,34). The van der Waals surface area contributed by atoms with Crippen molar-refractivity contribution < 1.29 is 40.6 Å². The van der Waals surface area contributed by atoms with Gasteiger partial charge in [0.2, 0.25) is 0 Å². The minimum Gasteiger partial charge on any atom is -0.374 e. The van der Waals surface area contributed by atoms with Gasteiger partial charge in [0.25, 0.3) is 5.91 Å². The van der Waals surface area contributed by atoms with Gasteiger partial charge in [0.05, 0.1) is 0 Å². The van der Waals surface area contributed by atoms with Gasteiger partial charge in [0, 0.05) is 37.2 Å². The number of carbonyl (C=O) groups excluding carboxylic acids is 1. The number of amides is 1. The molecule has 0 fully saturated rings. The maximum absolute atomic E-state index is 14.4. The highest BCUT2D eigenvalue weighted by molar-refractivity contribution is 14.1. The van der Waals surface area contributed by atoms with E-state index in [0.717, 1.165) is 13.0 Å². The average Bonchev–Trinajstić information content (AvgIpc) is 2.72. The first-order chi connectivity index (χ1) is 16.4. The minimum atomic E-state index is -6.24. The number of alkyl halides is 7. The van der Waals surface area contributed by atoms with E-state index in [1.54, 1.807) is 23.9 Å². The first-order valence-electron chi connectivity index (χ1n) is 10.3. The molecular weight excluding hydrogens is 628 g/mol. The molecule has 0 heterocycles. The van der Waals surface area contributed by atoms with E-state index in [2.05, 4.69) is 10.6 Å². The van der Waals surface area contributed by atoms with Crippen molar-refractivity contribution in [3.63, 3.8) is 0 Å². The van der Waals surface area contributed by atoms with Gasteiger partial charge in [-0.25, -0.2) is 4.39 Å². The summed E-state index contributed by atoms with van der Waals surface area (Å²) in [7, 11) is 0. The van der Waals surface area contributed by atoms with Crippen LogP contribution in [-0.4, -0.2) is 40.9 Å². The zero-order valence-electron chi connectivity index (χ0n) is 19.5. The lowest BCUT2D eigenvalue weighted by Crippen LogP contribution is -2.50. The molecule has 3 N–H and O–H groups in total. The van der Waals surface area contributed by atoms with E-state index in [9.17, 15) is 40.6 Å². The quantitative estimate of drug-likeness (QED) is 0.166. The number of thioether (sulfide) groups is 1. The van der Waals surface area contributed by atoms with Crippen LogP contribution in [0.5, 0.6) is 0 Å². The van der Waals surface area contributed by atoms with Crippen LogP contribution in [0.15, 0.2) is 36.4 Å². The summed E-state index contributed by atoms with van der Waals surface area (Å²) >= 11 is 3.48. The maximum Gasteiger partial charge on any atom is 0.435 e. The number of benzene rings is 2. The second-order valence-corrected chi connectivity index (χ2v) is 10.7. The number of hydrogen-bond donors (Lipinski definition) is 3.